The van der Waals surface area contributed by atoms with Crippen LogP contribution in [0, 0.1) is 5.41 Å². The summed E-state index contributed by atoms with van der Waals surface area (Å²) in [5, 5.41) is 11.5. The van der Waals surface area contributed by atoms with E-state index >= 15 is 0 Å². The summed E-state index contributed by atoms with van der Waals surface area (Å²) in [6.45, 7) is 1.98. The molecule has 0 saturated heterocycles. The SMILES string of the molecule is CCOC(=O)C1(C=Nc2ccccc2)C(c2ccccc2)=NN(c2ccc(Br)cc2)N=C1c1ccccc1. The second kappa shape index (κ2) is 11.4. The zero-order chi connectivity index (χ0) is 26.4. The van der Waals surface area contributed by atoms with Crippen LogP contribution in [0.25, 0.3) is 0 Å². The molecule has 0 aliphatic carbocycles. The van der Waals surface area contributed by atoms with E-state index in [1.165, 1.54) is 0 Å². The fourth-order valence-corrected chi connectivity index (χ4v) is 4.50. The van der Waals surface area contributed by atoms with Crippen LogP contribution in [0.5, 0.6) is 0 Å². The van der Waals surface area contributed by atoms with Crippen molar-refractivity contribution >= 4 is 50.9 Å². The first kappa shape index (κ1) is 25.3. The molecule has 1 heterocycles. The van der Waals surface area contributed by atoms with Crippen LogP contribution in [-0.4, -0.2) is 30.2 Å². The molecule has 5 rings (SSSR count). The van der Waals surface area contributed by atoms with Crippen LogP contribution in [0.1, 0.15) is 18.1 Å². The highest BCUT2D eigenvalue weighted by molar-refractivity contribution is 9.10. The smallest absolute Gasteiger partial charge is 0.330 e. The van der Waals surface area contributed by atoms with E-state index in [0.29, 0.717) is 17.1 Å². The van der Waals surface area contributed by atoms with Gasteiger partial charge in [-0.25, -0.2) is 0 Å². The fraction of sp³-hybridized carbons (Fsp3) is 0.0968. The molecular formula is C31H25BrN4O2. The zero-order valence-corrected chi connectivity index (χ0v) is 22.3. The van der Waals surface area contributed by atoms with Crippen molar-refractivity contribution in [1.82, 2.24) is 0 Å². The van der Waals surface area contributed by atoms with Crippen molar-refractivity contribution in [2.45, 2.75) is 6.92 Å². The van der Waals surface area contributed by atoms with Crippen molar-refractivity contribution in [1.29, 1.82) is 0 Å². The van der Waals surface area contributed by atoms with E-state index in [2.05, 4.69) is 15.9 Å². The number of benzene rings is 4. The van der Waals surface area contributed by atoms with Crippen molar-refractivity contribution in [3.63, 3.8) is 0 Å². The largest absolute Gasteiger partial charge is 0.465 e. The maximum Gasteiger partial charge on any atom is 0.330 e. The van der Waals surface area contributed by atoms with Gasteiger partial charge in [-0.05, 0) is 54.4 Å². The summed E-state index contributed by atoms with van der Waals surface area (Å²) in [5.74, 6) is -0.500. The van der Waals surface area contributed by atoms with E-state index in [1.54, 1.807) is 18.3 Å². The summed E-state index contributed by atoms with van der Waals surface area (Å²) in [5.41, 5.74) is 2.37. The van der Waals surface area contributed by atoms with Gasteiger partial charge < -0.3 is 4.74 Å². The molecule has 0 amide bonds. The number of hydrogen-bond acceptors (Lipinski definition) is 6. The van der Waals surface area contributed by atoms with E-state index in [9.17, 15) is 4.79 Å². The number of para-hydroxylation sites is 1. The van der Waals surface area contributed by atoms with Crippen molar-refractivity contribution in [2.75, 3.05) is 11.7 Å². The highest BCUT2D eigenvalue weighted by Crippen LogP contribution is 2.36. The maximum atomic E-state index is 14.1. The summed E-state index contributed by atoms with van der Waals surface area (Å²) in [6, 6.07) is 36.4. The van der Waals surface area contributed by atoms with Crippen LogP contribution in [0.3, 0.4) is 0 Å². The van der Waals surface area contributed by atoms with Gasteiger partial charge in [0.1, 0.15) is 0 Å². The second-order valence-electron chi connectivity index (χ2n) is 8.52. The zero-order valence-electron chi connectivity index (χ0n) is 20.7. The van der Waals surface area contributed by atoms with Crippen molar-refractivity contribution in [3.05, 3.63) is 131 Å². The van der Waals surface area contributed by atoms with Gasteiger partial charge in [-0.3, -0.25) is 9.79 Å². The molecule has 4 aromatic carbocycles. The van der Waals surface area contributed by atoms with E-state index in [0.717, 1.165) is 21.3 Å². The Hall–Kier alpha value is -4.36. The van der Waals surface area contributed by atoms with Crippen LogP contribution < -0.4 is 5.12 Å². The number of carbonyl (C=O) groups is 1. The molecular weight excluding hydrogens is 540 g/mol. The van der Waals surface area contributed by atoms with E-state index in [4.69, 9.17) is 19.9 Å². The van der Waals surface area contributed by atoms with Gasteiger partial charge in [-0.1, -0.05) is 94.8 Å². The van der Waals surface area contributed by atoms with Gasteiger partial charge in [-0.15, -0.1) is 0 Å². The molecule has 188 valence electrons. The summed E-state index contributed by atoms with van der Waals surface area (Å²) < 4.78 is 6.66. The monoisotopic (exact) mass is 564 g/mol. The number of esters is 1. The molecule has 7 heteroatoms. The Bertz CT molecular complexity index is 1430. The Balaban J connectivity index is 1.81. The third kappa shape index (κ3) is 5.06. The Labute approximate surface area is 230 Å². The predicted molar refractivity (Wildman–Crippen MR) is 156 cm³/mol. The van der Waals surface area contributed by atoms with Gasteiger partial charge >= 0.3 is 5.97 Å². The van der Waals surface area contributed by atoms with Crippen molar-refractivity contribution in [2.24, 2.45) is 20.6 Å². The second-order valence-corrected chi connectivity index (χ2v) is 9.43. The predicted octanol–water partition coefficient (Wildman–Crippen LogP) is 7.03. The van der Waals surface area contributed by atoms with Gasteiger partial charge in [-0.2, -0.15) is 15.3 Å². The lowest BCUT2D eigenvalue weighted by Gasteiger charge is -2.36. The first-order valence-electron chi connectivity index (χ1n) is 12.2. The molecule has 1 aliphatic rings. The van der Waals surface area contributed by atoms with Gasteiger partial charge in [0.2, 0.25) is 0 Å². The molecule has 0 atom stereocenters. The Morgan fingerprint density at radius 2 is 1.32 bits per heavy atom. The molecule has 0 spiro atoms. The Morgan fingerprint density at radius 3 is 1.82 bits per heavy atom. The number of anilines is 1. The molecule has 38 heavy (non-hydrogen) atoms. The molecule has 0 saturated carbocycles. The molecule has 4 aromatic rings. The molecule has 1 aliphatic heterocycles. The number of hydrogen-bond donors (Lipinski definition) is 0. The minimum absolute atomic E-state index is 0.195. The third-order valence-corrected chi connectivity index (χ3v) is 6.58. The highest BCUT2D eigenvalue weighted by Gasteiger charge is 2.52. The standard InChI is InChI=1S/C31H25BrN4O2/c1-2-38-30(37)31(22-33-26-16-10-5-11-17-26)28(23-12-6-3-7-13-23)34-36(27-20-18-25(32)19-21-27)35-29(31)24-14-8-4-9-15-24/h3-22H,2H2,1H3. The van der Waals surface area contributed by atoms with Gasteiger partial charge in [0.15, 0.2) is 5.41 Å². The number of nitrogens with zero attached hydrogens (tertiary/aromatic N) is 4. The maximum absolute atomic E-state index is 14.1. The average Bonchev–Trinajstić information content (AvgIpc) is 2.97. The van der Waals surface area contributed by atoms with E-state index in [-0.39, 0.29) is 6.61 Å². The number of aliphatic imine (C=N–C) groups is 1. The molecule has 0 N–H and O–H groups in total. The number of carbonyl (C=O) groups excluding carboxylic acids is 1. The van der Waals surface area contributed by atoms with Gasteiger partial charge in [0.25, 0.3) is 0 Å². The van der Waals surface area contributed by atoms with Crippen LogP contribution in [0.2, 0.25) is 0 Å². The molecule has 0 fully saturated rings. The first-order chi connectivity index (χ1) is 18.6. The fourth-order valence-electron chi connectivity index (χ4n) is 4.23. The lowest BCUT2D eigenvalue weighted by molar-refractivity contribution is -0.145. The Kier molecular flexibility index (Phi) is 7.56. The topological polar surface area (TPSA) is 66.6 Å². The minimum Gasteiger partial charge on any atom is -0.465 e. The van der Waals surface area contributed by atoms with Crippen molar-refractivity contribution in [3.8, 4) is 0 Å². The summed E-state index contributed by atoms with van der Waals surface area (Å²) in [6.07, 6.45) is 1.62. The lowest BCUT2D eigenvalue weighted by Crippen LogP contribution is -2.53. The molecule has 0 radical (unpaired) electrons. The minimum atomic E-state index is -1.51. The number of halogens is 1. The summed E-state index contributed by atoms with van der Waals surface area (Å²) in [4.78, 5) is 18.9. The number of hydrazone groups is 2. The average molecular weight is 565 g/mol. The van der Waals surface area contributed by atoms with E-state index in [1.807, 2.05) is 115 Å². The highest BCUT2D eigenvalue weighted by atomic mass is 79.9. The first-order valence-corrected chi connectivity index (χ1v) is 13.0. The van der Waals surface area contributed by atoms with Crippen LogP contribution in [0.4, 0.5) is 11.4 Å². The quantitative estimate of drug-likeness (QED) is 0.179. The molecule has 0 bridgehead atoms. The summed E-state index contributed by atoms with van der Waals surface area (Å²) >= 11 is 3.49. The molecule has 6 nitrogen and oxygen atoms in total. The summed E-state index contributed by atoms with van der Waals surface area (Å²) in [7, 11) is 0. The lowest BCUT2D eigenvalue weighted by atomic mass is 9.73. The number of rotatable bonds is 7. The molecule has 0 unspecified atom stereocenters. The van der Waals surface area contributed by atoms with Crippen LogP contribution in [-0.2, 0) is 9.53 Å². The van der Waals surface area contributed by atoms with Crippen LogP contribution in [0.15, 0.2) is 135 Å². The Morgan fingerprint density at radius 1 is 0.816 bits per heavy atom. The molecule has 0 aromatic heterocycles. The van der Waals surface area contributed by atoms with Crippen molar-refractivity contribution < 1.29 is 9.53 Å². The third-order valence-electron chi connectivity index (χ3n) is 6.05. The normalized spacial score (nSPS) is 14.6. The van der Waals surface area contributed by atoms with Gasteiger partial charge in [0, 0.05) is 10.7 Å². The van der Waals surface area contributed by atoms with Gasteiger partial charge in [0.05, 0.1) is 29.4 Å². The van der Waals surface area contributed by atoms with Crippen LogP contribution >= 0.6 is 15.9 Å². The van der Waals surface area contributed by atoms with E-state index < -0.39 is 11.4 Å². The number of ether oxygens (including phenoxy) is 1.